The summed E-state index contributed by atoms with van der Waals surface area (Å²) in [6.07, 6.45) is -5.11. The standard InChI is InChI=1S/C17H17F3N2O3/c1-9-6-14(22-5-4-15(23)12(8-22)16(24)25)11-3-2-10(17(18,19)20)7-13(11)21-9/h2-3,6-7,12,15,23H,4-5,8H2,1H3,(H,24,25)/t12-,15-/m0/s1. The molecule has 0 saturated carbocycles. The van der Waals surface area contributed by atoms with Crippen LogP contribution in [-0.2, 0) is 11.0 Å². The average Bonchev–Trinajstić information content (AvgIpc) is 2.52. The highest BCUT2D eigenvalue weighted by Crippen LogP contribution is 2.35. The number of aryl methyl sites for hydroxylation is 1. The van der Waals surface area contributed by atoms with Gasteiger partial charge in [0.25, 0.3) is 0 Å². The van der Waals surface area contributed by atoms with Crippen LogP contribution in [0.25, 0.3) is 10.9 Å². The van der Waals surface area contributed by atoms with Crippen molar-refractivity contribution in [2.45, 2.75) is 25.6 Å². The minimum atomic E-state index is -4.45. The number of aliphatic hydroxyl groups excluding tert-OH is 1. The Morgan fingerprint density at radius 2 is 2.04 bits per heavy atom. The van der Waals surface area contributed by atoms with E-state index in [2.05, 4.69) is 4.98 Å². The SMILES string of the molecule is Cc1cc(N2CC[C@H](O)[C@@H](C(=O)O)C2)c2ccc(C(F)(F)F)cc2n1. The number of carbonyl (C=O) groups is 1. The minimum absolute atomic E-state index is 0.0933. The zero-order valence-corrected chi connectivity index (χ0v) is 13.4. The van der Waals surface area contributed by atoms with E-state index in [-0.39, 0.29) is 18.5 Å². The summed E-state index contributed by atoms with van der Waals surface area (Å²) in [6, 6.07) is 5.09. The van der Waals surface area contributed by atoms with Gasteiger partial charge in [-0.05, 0) is 31.5 Å². The molecule has 1 fully saturated rings. The number of fused-ring (bicyclic) bond motifs is 1. The molecule has 0 aliphatic carbocycles. The zero-order valence-electron chi connectivity index (χ0n) is 13.4. The summed E-state index contributed by atoms with van der Waals surface area (Å²) in [6.45, 7) is 2.19. The van der Waals surface area contributed by atoms with Gasteiger partial charge in [-0.2, -0.15) is 13.2 Å². The fourth-order valence-electron chi connectivity index (χ4n) is 3.18. The highest BCUT2D eigenvalue weighted by atomic mass is 19.4. The van der Waals surface area contributed by atoms with Gasteiger partial charge in [0.1, 0.15) is 5.92 Å². The minimum Gasteiger partial charge on any atom is -0.481 e. The first-order valence-electron chi connectivity index (χ1n) is 7.81. The Kier molecular flexibility index (Phi) is 4.32. The third-order valence-corrected chi connectivity index (χ3v) is 4.48. The summed E-state index contributed by atoms with van der Waals surface area (Å²) < 4.78 is 38.8. The molecule has 1 aliphatic heterocycles. The number of carboxylic acid groups (broad SMARTS) is 1. The fraction of sp³-hybridized carbons (Fsp3) is 0.412. The summed E-state index contributed by atoms with van der Waals surface area (Å²) >= 11 is 0. The molecule has 2 N–H and O–H groups in total. The Hall–Kier alpha value is -2.35. The lowest BCUT2D eigenvalue weighted by molar-refractivity contribution is -0.146. The van der Waals surface area contributed by atoms with Crippen LogP contribution in [-0.4, -0.2) is 40.4 Å². The molecule has 1 aromatic heterocycles. The Labute approximate surface area is 141 Å². The molecule has 1 aromatic carbocycles. The number of hydrogen-bond acceptors (Lipinski definition) is 4. The number of pyridine rings is 1. The summed E-state index contributed by atoms with van der Waals surface area (Å²) in [5.74, 6) is -2.03. The molecule has 0 spiro atoms. The second-order valence-corrected chi connectivity index (χ2v) is 6.26. The Bertz CT molecular complexity index is 823. The molecule has 25 heavy (non-hydrogen) atoms. The van der Waals surface area contributed by atoms with Crippen molar-refractivity contribution in [2.24, 2.45) is 5.92 Å². The van der Waals surface area contributed by atoms with Crippen molar-refractivity contribution >= 4 is 22.6 Å². The monoisotopic (exact) mass is 354 g/mol. The topological polar surface area (TPSA) is 73.7 Å². The number of rotatable bonds is 2. The number of piperidine rings is 1. The fourth-order valence-corrected chi connectivity index (χ4v) is 3.18. The molecule has 2 heterocycles. The van der Waals surface area contributed by atoms with Crippen molar-refractivity contribution in [1.29, 1.82) is 0 Å². The summed E-state index contributed by atoms with van der Waals surface area (Å²) in [5.41, 5.74) is 0.610. The molecule has 8 heteroatoms. The maximum Gasteiger partial charge on any atom is 0.416 e. The third kappa shape index (κ3) is 3.39. The normalized spacial score (nSPS) is 21.6. The van der Waals surface area contributed by atoms with Crippen LogP contribution in [0.5, 0.6) is 0 Å². The number of aliphatic carboxylic acids is 1. The van der Waals surface area contributed by atoms with E-state index in [0.717, 1.165) is 12.1 Å². The van der Waals surface area contributed by atoms with Gasteiger partial charge in [0.05, 0.1) is 17.2 Å². The van der Waals surface area contributed by atoms with Crippen molar-refractivity contribution in [2.75, 3.05) is 18.0 Å². The number of halogens is 3. The van der Waals surface area contributed by atoms with Gasteiger partial charge >= 0.3 is 12.1 Å². The van der Waals surface area contributed by atoms with E-state index in [1.54, 1.807) is 17.9 Å². The average molecular weight is 354 g/mol. The first-order chi connectivity index (χ1) is 11.7. The Morgan fingerprint density at radius 1 is 1.32 bits per heavy atom. The van der Waals surface area contributed by atoms with E-state index in [0.29, 0.717) is 23.3 Å². The van der Waals surface area contributed by atoms with Gasteiger partial charge in [-0.25, -0.2) is 0 Å². The first-order valence-corrected chi connectivity index (χ1v) is 7.81. The lowest BCUT2D eigenvalue weighted by Gasteiger charge is -2.36. The molecular weight excluding hydrogens is 337 g/mol. The maximum absolute atomic E-state index is 12.9. The van der Waals surface area contributed by atoms with E-state index in [1.165, 1.54) is 6.07 Å². The van der Waals surface area contributed by atoms with E-state index < -0.39 is 29.7 Å². The van der Waals surface area contributed by atoms with Gasteiger partial charge in [0, 0.05) is 29.9 Å². The maximum atomic E-state index is 12.9. The van der Waals surface area contributed by atoms with Crippen LogP contribution in [0, 0.1) is 12.8 Å². The zero-order chi connectivity index (χ0) is 18.4. The first kappa shape index (κ1) is 17.5. The second kappa shape index (κ2) is 6.18. The number of aliphatic hydroxyl groups is 1. The van der Waals surface area contributed by atoms with Crippen LogP contribution in [0.4, 0.5) is 18.9 Å². The quantitative estimate of drug-likeness (QED) is 0.868. The molecule has 134 valence electrons. The lowest BCUT2D eigenvalue weighted by Crippen LogP contribution is -2.46. The van der Waals surface area contributed by atoms with Crippen LogP contribution in [0.1, 0.15) is 17.7 Å². The summed E-state index contributed by atoms with van der Waals surface area (Å²) in [4.78, 5) is 17.3. The number of hydrogen-bond donors (Lipinski definition) is 2. The molecule has 0 amide bonds. The third-order valence-electron chi connectivity index (χ3n) is 4.48. The molecule has 2 aromatic rings. The Morgan fingerprint density at radius 3 is 2.68 bits per heavy atom. The van der Waals surface area contributed by atoms with Gasteiger partial charge < -0.3 is 15.1 Å². The van der Waals surface area contributed by atoms with E-state index in [9.17, 15) is 28.2 Å². The molecular formula is C17H17F3N2O3. The molecule has 5 nitrogen and oxygen atoms in total. The second-order valence-electron chi connectivity index (χ2n) is 6.26. The van der Waals surface area contributed by atoms with Crippen molar-refractivity contribution < 1.29 is 28.2 Å². The van der Waals surface area contributed by atoms with Crippen LogP contribution in [0.2, 0.25) is 0 Å². The predicted molar refractivity (Wildman–Crippen MR) is 85.4 cm³/mol. The molecule has 3 rings (SSSR count). The number of alkyl halides is 3. The van der Waals surface area contributed by atoms with Gasteiger partial charge in [-0.3, -0.25) is 9.78 Å². The van der Waals surface area contributed by atoms with Gasteiger partial charge in [-0.15, -0.1) is 0 Å². The molecule has 0 bridgehead atoms. The highest BCUT2D eigenvalue weighted by Gasteiger charge is 2.34. The predicted octanol–water partition coefficient (Wildman–Crippen LogP) is 2.83. The van der Waals surface area contributed by atoms with Crippen LogP contribution < -0.4 is 4.90 Å². The molecule has 0 radical (unpaired) electrons. The van der Waals surface area contributed by atoms with Crippen LogP contribution in [0.15, 0.2) is 24.3 Å². The van der Waals surface area contributed by atoms with Crippen LogP contribution in [0.3, 0.4) is 0 Å². The van der Waals surface area contributed by atoms with Crippen molar-refractivity contribution in [3.8, 4) is 0 Å². The van der Waals surface area contributed by atoms with Crippen molar-refractivity contribution in [3.05, 3.63) is 35.5 Å². The molecule has 1 saturated heterocycles. The smallest absolute Gasteiger partial charge is 0.416 e. The van der Waals surface area contributed by atoms with Gasteiger partial charge in [-0.1, -0.05) is 6.07 Å². The molecule has 0 unspecified atom stereocenters. The van der Waals surface area contributed by atoms with E-state index in [1.807, 2.05) is 0 Å². The van der Waals surface area contributed by atoms with E-state index >= 15 is 0 Å². The summed E-state index contributed by atoms with van der Waals surface area (Å²) in [7, 11) is 0. The number of benzene rings is 1. The van der Waals surface area contributed by atoms with Crippen molar-refractivity contribution in [1.82, 2.24) is 4.98 Å². The van der Waals surface area contributed by atoms with Gasteiger partial charge in [0.2, 0.25) is 0 Å². The van der Waals surface area contributed by atoms with Crippen molar-refractivity contribution in [3.63, 3.8) is 0 Å². The highest BCUT2D eigenvalue weighted by molar-refractivity contribution is 5.92. The van der Waals surface area contributed by atoms with E-state index in [4.69, 9.17) is 0 Å². The van der Waals surface area contributed by atoms with Crippen LogP contribution >= 0.6 is 0 Å². The molecule has 2 atom stereocenters. The van der Waals surface area contributed by atoms with Gasteiger partial charge in [0.15, 0.2) is 0 Å². The lowest BCUT2D eigenvalue weighted by atomic mass is 9.94. The Balaban J connectivity index is 2.05. The number of anilines is 1. The number of carboxylic acids is 1. The molecule has 1 aliphatic rings. The summed E-state index contributed by atoms with van der Waals surface area (Å²) in [5, 5.41) is 19.6. The number of aromatic nitrogens is 1. The number of nitrogens with zero attached hydrogens (tertiary/aromatic N) is 2. The largest absolute Gasteiger partial charge is 0.481 e.